The molecule has 17 heteroatoms. The van der Waals surface area contributed by atoms with Gasteiger partial charge in [-0.25, -0.2) is 9.97 Å². The number of fused-ring (bicyclic) bond motifs is 6. The third-order valence-corrected chi connectivity index (χ3v) is 12.1. The van der Waals surface area contributed by atoms with Crippen LogP contribution < -0.4 is 0 Å². The number of benzene rings is 7. The van der Waals surface area contributed by atoms with E-state index in [9.17, 15) is 57.9 Å². The summed E-state index contributed by atoms with van der Waals surface area (Å²) in [6.07, 6.45) is -20.5. The van der Waals surface area contributed by atoms with Crippen molar-refractivity contribution in [3.8, 4) is 51.1 Å². The van der Waals surface area contributed by atoms with Gasteiger partial charge in [-0.1, -0.05) is 60.7 Å². The number of rotatable bonds is 5. The fourth-order valence-electron chi connectivity index (χ4n) is 9.12. The van der Waals surface area contributed by atoms with Crippen molar-refractivity contribution in [1.29, 1.82) is 5.26 Å². The standard InChI is InChI=1S/C53H29F12N5/c1-27-15-28(2)68-49(67-27)42-25-48(70-44-10-6-4-8-39(44)41-14-12-30(21-46(41)70)32-18-36(52(60,61)62)24-37(19-32)53(63,64)65)47(22-33(42)26-66)69-43-9-5-3-7-38(43)40-13-11-29(20-45(40)69)31-16-34(50(54,55)56)23-35(17-31)51(57,58)59/h3-25H,1-2H3. The van der Waals surface area contributed by atoms with Crippen LogP contribution in [-0.2, 0) is 24.7 Å². The highest BCUT2D eigenvalue weighted by Gasteiger charge is 2.39. The van der Waals surface area contributed by atoms with E-state index in [1.807, 2.05) is 0 Å². The molecule has 0 bridgehead atoms. The van der Waals surface area contributed by atoms with Crippen LogP contribution in [0.4, 0.5) is 52.7 Å². The van der Waals surface area contributed by atoms with Gasteiger partial charge in [-0.3, -0.25) is 0 Å². The lowest BCUT2D eigenvalue weighted by Gasteiger charge is -2.20. The van der Waals surface area contributed by atoms with Crippen molar-refractivity contribution >= 4 is 43.6 Å². The molecule has 350 valence electrons. The van der Waals surface area contributed by atoms with Gasteiger partial charge in [0.05, 0.1) is 67.3 Å². The van der Waals surface area contributed by atoms with Gasteiger partial charge in [0.15, 0.2) is 5.82 Å². The SMILES string of the molecule is Cc1cc(C)nc(-c2cc(-n3c4ccccc4c4ccc(-c5cc(C(F)(F)F)cc(C(F)(F)F)c5)cc43)c(-n3c4ccccc4c4ccc(-c5cc(C(F)(F)F)cc(C(F)(F)F)c5)cc43)cc2C#N)n1. The van der Waals surface area contributed by atoms with E-state index in [1.54, 1.807) is 95.8 Å². The zero-order chi connectivity index (χ0) is 49.8. The molecule has 0 aliphatic heterocycles. The van der Waals surface area contributed by atoms with Gasteiger partial charge in [-0.15, -0.1) is 0 Å². The van der Waals surface area contributed by atoms with E-state index in [2.05, 4.69) is 16.0 Å². The quantitative estimate of drug-likeness (QED) is 0.162. The van der Waals surface area contributed by atoms with Gasteiger partial charge in [0, 0.05) is 38.5 Å². The predicted octanol–water partition coefficient (Wildman–Crippen LogP) is 16.2. The second-order valence-electron chi connectivity index (χ2n) is 16.7. The minimum atomic E-state index is -5.14. The lowest BCUT2D eigenvalue weighted by atomic mass is 9.98. The van der Waals surface area contributed by atoms with Crippen molar-refractivity contribution in [2.24, 2.45) is 0 Å². The molecular weight excluding hydrogens is 935 g/mol. The summed E-state index contributed by atoms with van der Waals surface area (Å²) >= 11 is 0. The molecule has 70 heavy (non-hydrogen) atoms. The van der Waals surface area contributed by atoms with Crippen LogP contribution in [0.5, 0.6) is 0 Å². The third kappa shape index (κ3) is 7.92. The summed E-state index contributed by atoms with van der Waals surface area (Å²) in [6.45, 7) is 3.45. The largest absolute Gasteiger partial charge is 0.416 e. The summed E-state index contributed by atoms with van der Waals surface area (Å²) in [4.78, 5) is 9.27. The Morgan fingerprint density at radius 3 is 1.16 bits per heavy atom. The molecule has 0 N–H and O–H groups in total. The average molecular weight is 964 g/mol. The molecule has 10 rings (SSSR count). The summed E-state index contributed by atoms with van der Waals surface area (Å²) in [5, 5.41) is 13.1. The Balaban J connectivity index is 1.33. The molecule has 0 spiro atoms. The van der Waals surface area contributed by atoms with Crippen molar-refractivity contribution in [1.82, 2.24) is 19.1 Å². The van der Waals surface area contributed by atoms with Gasteiger partial charge in [0.1, 0.15) is 0 Å². The van der Waals surface area contributed by atoms with Crippen molar-refractivity contribution in [2.45, 2.75) is 38.6 Å². The van der Waals surface area contributed by atoms with Crippen LogP contribution in [0.25, 0.3) is 88.6 Å². The highest BCUT2D eigenvalue weighted by atomic mass is 19.4. The highest BCUT2D eigenvalue weighted by molar-refractivity contribution is 6.13. The first-order chi connectivity index (χ1) is 33.0. The molecule has 5 nitrogen and oxygen atoms in total. The Labute approximate surface area is 388 Å². The van der Waals surface area contributed by atoms with Gasteiger partial charge in [-0.05, 0) is 115 Å². The lowest BCUT2D eigenvalue weighted by Crippen LogP contribution is -2.11. The van der Waals surface area contributed by atoms with Gasteiger partial charge in [0.25, 0.3) is 0 Å². The van der Waals surface area contributed by atoms with Gasteiger partial charge < -0.3 is 9.13 Å². The smallest absolute Gasteiger partial charge is 0.307 e. The first-order valence-electron chi connectivity index (χ1n) is 21.1. The second kappa shape index (κ2) is 16.0. The molecule has 0 aliphatic carbocycles. The zero-order valence-corrected chi connectivity index (χ0v) is 36.1. The second-order valence-corrected chi connectivity index (χ2v) is 16.7. The van der Waals surface area contributed by atoms with Gasteiger partial charge in [-0.2, -0.15) is 57.9 Å². The van der Waals surface area contributed by atoms with Crippen LogP contribution in [0, 0.1) is 25.2 Å². The summed E-state index contributed by atoms with van der Waals surface area (Å²) < 4.78 is 173. The van der Waals surface area contributed by atoms with Crippen molar-refractivity contribution in [3.63, 3.8) is 0 Å². The molecule has 0 amide bonds. The number of halogens is 12. The Morgan fingerprint density at radius 2 is 0.771 bits per heavy atom. The molecular formula is C53H29F12N5. The normalized spacial score (nSPS) is 12.7. The number of aromatic nitrogens is 4. The van der Waals surface area contributed by atoms with Crippen molar-refractivity contribution in [2.75, 3.05) is 0 Å². The Hall–Kier alpha value is -8.13. The molecule has 3 aromatic heterocycles. The number of alkyl halides is 12. The number of hydrogen-bond donors (Lipinski definition) is 0. The molecule has 0 aliphatic rings. The van der Waals surface area contributed by atoms with Gasteiger partial charge in [0.2, 0.25) is 0 Å². The third-order valence-electron chi connectivity index (χ3n) is 12.1. The monoisotopic (exact) mass is 963 g/mol. The van der Waals surface area contributed by atoms with Crippen LogP contribution in [0.3, 0.4) is 0 Å². The predicted molar refractivity (Wildman–Crippen MR) is 241 cm³/mol. The summed E-state index contributed by atoms with van der Waals surface area (Å²) in [5.74, 6) is 0.140. The van der Waals surface area contributed by atoms with Crippen LogP contribution in [-0.4, -0.2) is 19.1 Å². The highest BCUT2D eigenvalue weighted by Crippen LogP contribution is 2.45. The number of nitrogens with zero attached hydrogens (tertiary/aromatic N) is 5. The fourth-order valence-corrected chi connectivity index (χ4v) is 9.12. The van der Waals surface area contributed by atoms with Crippen LogP contribution in [0.15, 0.2) is 140 Å². The molecule has 0 saturated heterocycles. The maximum atomic E-state index is 14.2. The van der Waals surface area contributed by atoms with Crippen LogP contribution >= 0.6 is 0 Å². The minimum absolute atomic E-state index is 0.0120. The topological polar surface area (TPSA) is 59.4 Å². The number of para-hydroxylation sites is 2. The molecule has 0 atom stereocenters. The molecule has 0 radical (unpaired) electrons. The Kier molecular flexibility index (Phi) is 10.4. The maximum Gasteiger partial charge on any atom is 0.416 e. The molecule has 3 heterocycles. The zero-order valence-electron chi connectivity index (χ0n) is 36.1. The van der Waals surface area contributed by atoms with E-state index >= 15 is 0 Å². The number of aryl methyl sites for hydroxylation is 2. The van der Waals surface area contributed by atoms with Crippen molar-refractivity contribution < 1.29 is 52.7 Å². The molecule has 10 aromatic rings. The van der Waals surface area contributed by atoms with Crippen LogP contribution in [0.2, 0.25) is 0 Å². The first-order valence-corrected chi connectivity index (χ1v) is 21.1. The maximum absolute atomic E-state index is 14.2. The van der Waals surface area contributed by atoms with Crippen molar-refractivity contribution in [3.05, 3.63) is 179 Å². The first kappa shape index (κ1) is 45.6. The summed E-state index contributed by atoms with van der Waals surface area (Å²) in [6, 6.07) is 32.4. The molecule has 0 saturated carbocycles. The molecule has 0 fully saturated rings. The van der Waals surface area contributed by atoms with Crippen LogP contribution in [0.1, 0.15) is 39.2 Å². The Bertz CT molecular complexity index is 3740. The summed E-state index contributed by atoms with van der Waals surface area (Å²) in [7, 11) is 0. The lowest BCUT2D eigenvalue weighted by molar-refractivity contribution is -0.144. The van der Waals surface area contributed by atoms with E-state index in [-0.39, 0.29) is 68.2 Å². The van der Waals surface area contributed by atoms with E-state index in [1.165, 1.54) is 30.3 Å². The van der Waals surface area contributed by atoms with E-state index in [0.29, 0.717) is 73.7 Å². The van der Waals surface area contributed by atoms with E-state index in [0.717, 1.165) is 0 Å². The molecule has 0 unspecified atom stereocenters. The molecule has 7 aromatic carbocycles. The van der Waals surface area contributed by atoms with Gasteiger partial charge >= 0.3 is 24.7 Å². The minimum Gasteiger partial charge on any atom is -0.307 e. The number of hydrogen-bond acceptors (Lipinski definition) is 3. The Morgan fingerprint density at radius 1 is 0.400 bits per heavy atom. The van der Waals surface area contributed by atoms with E-state index in [4.69, 9.17) is 0 Å². The fraction of sp³-hybridized carbons (Fsp3) is 0.113. The average Bonchev–Trinajstić information content (AvgIpc) is 3.81. The number of nitriles is 1. The van der Waals surface area contributed by atoms with E-state index < -0.39 is 47.0 Å². The summed E-state index contributed by atoms with van der Waals surface area (Å²) in [5.41, 5.74) is -3.42.